The maximum absolute atomic E-state index is 11.4. The van der Waals surface area contributed by atoms with E-state index in [1.165, 1.54) is 7.11 Å². The van der Waals surface area contributed by atoms with Crippen LogP contribution in [-0.4, -0.2) is 49.7 Å². The van der Waals surface area contributed by atoms with Crippen molar-refractivity contribution < 1.29 is 19.1 Å². The van der Waals surface area contributed by atoms with Crippen LogP contribution in [0.15, 0.2) is 0 Å². The van der Waals surface area contributed by atoms with Gasteiger partial charge in [0.15, 0.2) is 0 Å². The maximum atomic E-state index is 11.4. The van der Waals surface area contributed by atoms with Crippen molar-refractivity contribution in [1.29, 1.82) is 0 Å². The lowest BCUT2D eigenvalue weighted by Crippen LogP contribution is -2.43. The van der Waals surface area contributed by atoms with Gasteiger partial charge in [-0.25, -0.2) is 0 Å². The number of carbonyl (C=O) groups excluding carboxylic acids is 2. The fraction of sp³-hybridized carbons (Fsp3) is 0.800. The molecule has 1 atom stereocenters. The van der Waals surface area contributed by atoms with Gasteiger partial charge in [-0.15, -0.1) is 0 Å². The summed E-state index contributed by atoms with van der Waals surface area (Å²) >= 11 is 0. The third kappa shape index (κ3) is 4.78. The summed E-state index contributed by atoms with van der Waals surface area (Å²) in [6.07, 6.45) is 0. The molecule has 0 spiro atoms. The average molecular weight is 217 g/mol. The van der Waals surface area contributed by atoms with E-state index < -0.39 is 6.04 Å². The van der Waals surface area contributed by atoms with Gasteiger partial charge in [-0.2, -0.15) is 0 Å². The Morgan fingerprint density at radius 3 is 2.33 bits per heavy atom. The summed E-state index contributed by atoms with van der Waals surface area (Å²) in [5.41, 5.74) is 0. The number of nitrogens with zero attached hydrogens (tertiary/aromatic N) is 1. The van der Waals surface area contributed by atoms with Gasteiger partial charge in [0.1, 0.15) is 6.04 Å². The molecule has 0 radical (unpaired) electrons. The first-order valence-corrected chi connectivity index (χ1v) is 5.04. The second-order valence-corrected chi connectivity index (χ2v) is 3.07. The highest BCUT2D eigenvalue weighted by Crippen LogP contribution is 2.01. The lowest BCUT2D eigenvalue weighted by Gasteiger charge is -2.24. The Bertz CT molecular complexity index is 217. The Kier molecular flexibility index (Phi) is 6.70. The molecule has 0 aromatic carbocycles. The van der Waals surface area contributed by atoms with Crippen molar-refractivity contribution in [2.75, 3.05) is 26.8 Å². The Balaban J connectivity index is 4.26. The van der Waals surface area contributed by atoms with Gasteiger partial charge in [-0.3, -0.25) is 14.5 Å². The summed E-state index contributed by atoms with van der Waals surface area (Å²) < 4.78 is 9.41. The van der Waals surface area contributed by atoms with E-state index in [4.69, 9.17) is 4.74 Å². The molecule has 0 fully saturated rings. The van der Waals surface area contributed by atoms with Gasteiger partial charge >= 0.3 is 11.9 Å². The zero-order chi connectivity index (χ0) is 11.8. The zero-order valence-corrected chi connectivity index (χ0v) is 9.78. The van der Waals surface area contributed by atoms with E-state index in [1.54, 1.807) is 18.7 Å². The fourth-order valence-electron chi connectivity index (χ4n) is 1.16. The second-order valence-electron chi connectivity index (χ2n) is 3.07. The van der Waals surface area contributed by atoms with Crippen molar-refractivity contribution in [2.24, 2.45) is 0 Å². The summed E-state index contributed by atoms with van der Waals surface area (Å²) in [5, 5.41) is 0. The molecule has 0 aliphatic heterocycles. The van der Waals surface area contributed by atoms with Crippen molar-refractivity contribution in [2.45, 2.75) is 26.8 Å². The largest absolute Gasteiger partial charge is 0.468 e. The number of hydrogen-bond acceptors (Lipinski definition) is 5. The van der Waals surface area contributed by atoms with Crippen LogP contribution < -0.4 is 0 Å². The van der Waals surface area contributed by atoms with Gasteiger partial charge < -0.3 is 9.47 Å². The molecule has 0 saturated carbocycles. The number of rotatable bonds is 6. The standard InChI is InChI=1S/C10H19NO4/c1-5-11(7-9(12)14-4)8(3)10(13)15-6-2/h8H,5-7H2,1-4H3. The first-order valence-electron chi connectivity index (χ1n) is 5.04. The van der Waals surface area contributed by atoms with Gasteiger partial charge in [0.05, 0.1) is 20.3 Å². The molecule has 0 aliphatic rings. The van der Waals surface area contributed by atoms with Crippen molar-refractivity contribution in [3.63, 3.8) is 0 Å². The van der Waals surface area contributed by atoms with E-state index in [0.29, 0.717) is 13.2 Å². The van der Waals surface area contributed by atoms with Crippen molar-refractivity contribution in [3.8, 4) is 0 Å². The molecule has 0 aromatic heterocycles. The summed E-state index contributed by atoms with van der Waals surface area (Å²) in [4.78, 5) is 24.1. The van der Waals surface area contributed by atoms with Gasteiger partial charge in [0.2, 0.25) is 0 Å². The summed E-state index contributed by atoms with van der Waals surface area (Å²) in [6.45, 7) is 6.38. The Morgan fingerprint density at radius 2 is 1.93 bits per heavy atom. The maximum Gasteiger partial charge on any atom is 0.323 e. The highest BCUT2D eigenvalue weighted by molar-refractivity contribution is 5.77. The Hall–Kier alpha value is -1.10. The van der Waals surface area contributed by atoms with Crippen LogP contribution in [-0.2, 0) is 19.1 Å². The van der Waals surface area contributed by atoms with Crippen LogP contribution in [0.4, 0.5) is 0 Å². The molecular formula is C10H19NO4. The highest BCUT2D eigenvalue weighted by Gasteiger charge is 2.23. The molecule has 0 heterocycles. The molecule has 0 saturated heterocycles. The van der Waals surface area contributed by atoms with Crippen LogP contribution in [0, 0.1) is 0 Å². The quantitative estimate of drug-likeness (QED) is 0.604. The molecular weight excluding hydrogens is 198 g/mol. The number of esters is 2. The summed E-state index contributed by atoms with van der Waals surface area (Å²) in [6, 6.07) is -0.422. The minimum absolute atomic E-state index is 0.104. The minimum atomic E-state index is -0.422. The third-order valence-electron chi connectivity index (χ3n) is 2.14. The Morgan fingerprint density at radius 1 is 1.33 bits per heavy atom. The van der Waals surface area contributed by atoms with E-state index in [9.17, 15) is 9.59 Å². The summed E-state index contributed by atoms with van der Waals surface area (Å²) in [5.74, 6) is -0.670. The topological polar surface area (TPSA) is 55.8 Å². The lowest BCUT2D eigenvalue weighted by molar-refractivity contribution is -0.151. The third-order valence-corrected chi connectivity index (χ3v) is 2.14. The number of ether oxygens (including phenoxy) is 2. The van der Waals surface area contributed by atoms with Gasteiger partial charge in [-0.1, -0.05) is 6.92 Å². The molecule has 1 unspecified atom stereocenters. The zero-order valence-electron chi connectivity index (χ0n) is 9.78. The minimum Gasteiger partial charge on any atom is -0.468 e. The number of hydrogen-bond donors (Lipinski definition) is 0. The van der Waals surface area contributed by atoms with Gasteiger partial charge in [0.25, 0.3) is 0 Å². The predicted molar refractivity (Wildman–Crippen MR) is 55.4 cm³/mol. The van der Waals surface area contributed by atoms with E-state index >= 15 is 0 Å². The molecule has 0 aliphatic carbocycles. The van der Waals surface area contributed by atoms with Gasteiger partial charge in [-0.05, 0) is 20.4 Å². The van der Waals surface area contributed by atoms with Crippen LogP contribution in [0.5, 0.6) is 0 Å². The molecule has 88 valence electrons. The summed E-state index contributed by atoms with van der Waals surface area (Å²) in [7, 11) is 1.32. The van der Waals surface area contributed by atoms with Crippen molar-refractivity contribution >= 4 is 11.9 Å². The molecule has 5 heteroatoms. The molecule has 15 heavy (non-hydrogen) atoms. The smallest absolute Gasteiger partial charge is 0.323 e. The second kappa shape index (κ2) is 7.23. The average Bonchev–Trinajstić information content (AvgIpc) is 2.24. The van der Waals surface area contributed by atoms with Crippen LogP contribution >= 0.6 is 0 Å². The van der Waals surface area contributed by atoms with Crippen LogP contribution in [0.3, 0.4) is 0 Å². The molecule has 0 rings (SSSR count). The van der Waals surface area contributed by atoms with Crippen molar-refractivity contribution in [1.82, 2.24) is 4.90 Å². The van der Waals surface area contributed by atoms with E-state index in [0.717, 1.165) is 0 Å². The number of likely N-dealkylation sites (N-methyl/N-ethyl adjacent to an activating group) is 1. The first-order chi connectivity index (χ1) is 7.06. The number of methoxy groups -OCH3 is 1. The number of carbonyl (C=O) groups is 2. The monoisotopic (exact) mass is 217 g/mol. The molecule has 0 aromatic rings. The van der Waals surface area contributed by atoms with E-state index in [1.807, 2.05) is 6.92 Å². The lowest BCUT2D eigenvalue weighted by atomic mass is 10.3. The van der Waals surface area contributed by atoms with E-state index in [-0.39, 0.29) is 18.5 Å². The molecule has 5 nitrogen and oxygen atoms in total. The molecule has 0 bridgehead atoms. The van der Waals surface area contributed by atoms with Crippen LogP contribution in [0.1, 0.15) is 20.8 Å². The molecule has 0 amide bonds. The predicted octanol–water partition coefficient (Wildman–Crippen LogP) is 0.433. The fourth-order valence-corrected chi connectivity index (χ4v) is 1.16. The van der Waals surface area contributed by atoms with E-state index in [2.05, 4.69) is 4.74 Å². The van der Waals surface area contributed by atoms with Gasteiger partial charge in [0, 0.05) is 0 Å². The van der Waals surface area contributed by atoms with Crippen molar-refractivity contribution in [3.05, 3.63) is 0 Å². The normalized spacial score (nSPS) is 12.3. The van der Waals surface area contributed by atoms with Crippen LogP contribution in [0.25, 0.3) is 0 Å². The Labute approximate surface area is 90.3 Å². The SMILES string of the molecule is CCOC(=O)C(C)N(CC)CC(=O)OC. The van der Waals surface area contributed by atoms with Crippen LogP contribution in [0.2, 0.25) is 0 Å². The molecule has 0 N–H and O–H groups in total. The first kappa shape index (κ1) is 13.9. The highest BCUT2D eigenvalue weighted by atomic mass is 16.5.